The lowest BCUT2D eigenvalue weighted by molar-refractivity contribution is -0.133. The molecule has 1 fully saturated rings. The highest BCUT2D eigenvalue weighted by molar-refractivity contribution is 5.93. The Bertz CT molecular complexity index is 903. The van der Waals surface area contributed by atoms with E-state index in [1.807, 2.05) is 29.2 Å². The molecule has 1 aliphatic carbocycles. The fraction of sp³-hybridized carbons (Fsp3) is 0.440. The highest BCUT2D eigenvalue weighted by Crippen LogP contribution is 2.35. The quantitative estimate of drug-likeness (QED) is 0.801. The molecule has 1 N–H and O–H groups in total. The van der Waals surface area contributed by atoms with Crippen molar-refractivity contribution in [3.05, 3.63) is 65.2 Å². The zero-order valence-corrected chi connectivity index (χ0v) is 17.8. The Balaban J connectivity index is 1.24. The minimum atomic E-state index is 0.0123. The van der Waals surface area contributed by atoms with Gasteiger partial charge < -0.3 is 10.2 Å². The maximum atomic E-state index is 12.8. The minimum absolute atomic E-state index is 0.0123. The zero-order chi connectivity index (χ0) is 20.9. The maximum Gasteiger partial charge on any atom is 0.238 e. The molecule has 1 atom stereocenters. The van der Waals surface area contributed by atoms with Gasteiger partial charge in [-0.2, -0.15) is 0 Å². The topological polar surface area (TPSA) is 52.7 Å². The summed E-state index contributed by atoms with van der Waals surface area (Å²) in [4.78, 5) is 29.4. The van der Waals surface area contributed by atoms with E-state index in [4.69, 9.17) is 0 Å². The third-order valence-corrected chi connectivity index (χ3v) is 6.44. The van der Waals surface area contributed by atoms with Gasteiger partial charge in [0.05, 0.1) is 6.54 Å². The minimum Gasteiger partial charge on any atom is -0.340 e. The van der Waals surface area contributed by atoms with Gasteiger partial charge in [0.1, 0.15) is 0 Å². The number of piperazine rings is 1. The van der Waals surface area contributed by atoms with E-state index in [1.165, 1.54) is 11.1 Å². The second kappa shape index (κ2) is 9.43. The summed E-state index contributed by atoms with van der Waals surface area (Å²) in [5, 5.41) is 3.04. The van der Waals surface area contributed by atoms with Crippen molar-refractivity contribution in [3.63, 3.8) is 0 Å². The molecule has 1 unspecified atom stereocenters. The van der Waals surface area contributed by atoms with E-state index in [9.17, 15) is 9.59 Å². The van der Waals surface area contributed by atoms with Gasteiger partial charge >= 0.3 is 0 Å². The molecule has 1 aliphatic heterocycles. The van der Waals surface area contributed by atoms with Crippen LogP contribution in [0.3, 0.4) is 0 Å². The molecule has 2 aromatic rings. The summed E-state index contributed by atoms with van der Waals surface area (Å²) < 4.78 is 0. The van der Waals surface area contributed by atoms with E-state index in [0.717, 1.165) is 43.6 Å². The molecule has 5 heteroatoms. The summed E-state index contributed by atoms with van der Waals surface area (Å²) in [6.45, 7) is 5.35. The van der Waals surface area contributed by atoms with Crippen LogP contribution in [-0.4, -0.2) is 54.3 Å². The lowest BCUT2D eigenvalue weighted by atomic mass is 9.97. The van der Waals surface area contributed by atoms with Gasteiger partial charge in [0.2, 0.25) is 11.8 Å². The molecule has 0 radical (unpaired) electrons. The van der Waals surface area contributed by atoms with Crippen molar-refractivity contribution in [1.82, 2.24) is 9.80 Å². The smallest absolute Gasteiger partial charge is 0.238 e. The van der Waals surface area contributed by atoms with Crippen LogP contribution in [0.2, 0.25) is 0 Å². The molecule has 158 valence electrons. The molecule has 2 aliphatic rings. The molecule has 0 spiro atoms. The molecule has 1 saturated heterocycles. The zero-order valence-electron chi connectivity index (χ0n) is 17.8. The monoisotopic (exact) mass is 405 g/mol. The predicted octanol–water partition coefficient (Wildman–Crippen LogP) is 3.45. The number of rotatable bonds is 6. The van der Waals surface area contributed by atoms with Gasteiger partial charge in [-0.1, -0.05) is 49.4 Å². The molecule has 5 nitrogen and oxygen atoms in total. The van der Waals surface area contributed by atoms with Crippen LogP contribution in [0.25, 0.3) is 0 Å². The van der Waals surface area contributed by atoms with Gasteiger partial charge in [-0.3, -0.25) is 14.5 Å². The average Bonchev–Trinajstić information content (AvgIpc) is 3.17. The summed E-state index contributed by atoms with van der Waals surface area (Å²) in [6, 6.07) is 16.5. The second-order valence-corrected chi connectivity index (χ2v) is 8.35. The first kappa shape index (κ1) is 20.6. The molecule has 1 heterocycles. The predicted molar refractivity (Wildman–Crippen MR) is 120 cm³/mol. The van der Waals surface area contributed by atoms with Crippen LogP contribution in [0.4, 0.5) is 5.69 Å². The van der Waals surface area contributed by atoms with Gasteiger partial charge in [0.25, 0.3) is 0 Å². The molecular formula is C25H31N3O2. The molecule has 0 bridgehead atoms. The molecule has 2 aromatic carbocycles. The van der Waals surface area contributed by atoms with Crippen LogP contribution in [0.1, 0.15) is 42.4 Å². The number of fused-ring (bicyclic) bond motifs is 1. The summed E-state index contributed by atoms with van der Waals surface area (Å²) in [6.07, 6.45) is 3.65. The number of nitrogens with zero attached hydrogens (tertiary/aromatic N) is 2. The Kier molecular flexibility index (Phi) is 6.48. The van der Waals surface area contributed by atoms with Crippen LogP contribution < -0.4 is 5.32 Å². The van der Waals surface area contributed by atoms with E-state index in [2.05, 4.69) is 41.4 Å². The fourth-order valence-corrected chi connectivity index (χ4v) is 4.70. The van der Waals surface area contributed by atoms with Crippen LogP contribution in [0.15, 0.2) is 48.5 Å². The van der Waals surface area contributed by atoms with Crippen molar-refractivity contribution in [3.8, 4) is 0 Å². The van der Waals surface area contributed by atoms with Gasteiger partial charge in [0.15, 0.2) is 0 Å². The van der Waals surface area contributed by atoms with E-state index in [0.29, 0.717) is 32.0 Å². The highest BCUT2D eigenvalue weighted by atomic mass is 16.2. The Hall–Kier alpha value is -2.66. The van der Waals surface area contributed by atoms with Crippen LogP contribution in [0.5, 0.6) is 0 Å². The van der Waals surface area contributed by atoms with Crippen molar-refractivity contribution in [2.75, 3.05) is 38.0 Å². The Morgan fingerprint density at radius 1 is 1.00 bits per heavy atom. The van der Waals surface area contributed by atoms with Crippen LogP contribution in [0, 0.1) is 0 Å². The van der Waals surface area contributed by atoms with Crippen molar-refractivity contribution < 1.29 is 9.59 Å². The average molecular weight is 406 g/mol. The first-order valence-corrected chi connectivity index (χ1v) is 11.1. The van der Waals surface area contributed by atoms with Crippen LogP contribution in [-0.2, 0) is 22.4 Å². The van der Waals surface area contributed by atoms with Gasteiger partial charge in [-0.25, -0.2) is 0 Å². The molecule has 2 amide bonds. The number of hydrogen-bond donors (Lipinski definition) is 1. The number of para-hydroxylation sites is 1. The normalized spacial score (nSPS) is 18.8. The van der Waals surface area contributed by atoms with E-state index in [1.54, 1.807) is 0 Å². The number of anilines is 1. The second-order valence-electron chi connectivity index (χ2n) is 8.35. The highest BCUT2D eigenvalue weighted by Gasteiger charge is 2.28. The number of benzene rings is 2. The number of carbonyl (C=O) groups excluding carboxylic acids is 2. The number of amides is 2. The van der Waals surface area contributed by atoms with E-state index >= 15 is 0 Å². The summed E-state index contributed by atoms with van der Waals surface area (Å²) >= 11 is 0. The summed E-state index contributed by atoms with van der Waals surface area (Å²) in [7, 11) is 0. The van der Waals surface area contributed by atoms with Gasteiger partial charge in [-0.05, 0) is 47.9 Å². The number of carbonyl (C=O) groups is 2. The van der Waals surface area contributed by atoms with E-state index in [-0.39, 0.29) is 11.8 Å². The lowest BCUT2D eigenvalue weighted by Crippen LogP contribution is -2.50. The Labute approximate surface area is 179 Å². The lowest BCUT2D eigenvalue weighted by Gasteiger charge is -2.35. The van der Waals surface area contributed by atoms with Crippen molar-refractivity contribution in [1.29, 1.82) is 0 Å². The van der Waals surface area contributed by atoms with Crippen molar-refractivity contribution in [2.24, 2.45) is 0 Å². The standard InChI is InChI=1S/C25H31N3O2/c1-2-19-7-4-6-10-23(19)26-24(29)18-27-13-15-28(16-14-27)25(30)17-21-12-11-20-8-3-5-9-22(20)21/h3-10,21H,2,11-18H2,1H3,(H,26,29). The van der Waals surface area contributed by atoms with Crippen molar-refractivity contribution >= 4 is 17.5 Å². The molecule has 0 saturated carbocycles. The molecular weight excluding hydrogens is 374 g/mol. The third kappa shape index (κ3) is 4.73. The summed E-state index contributed by atoms with van der Waals surface area (Å²) in [5.41, 5.74) is 4.80. The number of hydrogen-bond acceptors (Lipinski definition) is 3. The summed E-state index contributed by atoms with van der Waals surface area (Å²) in [5.74, 6) is 0.618. The first-order chi connectivity index (χ1) is 14.6. The number of nitrogens with one attached hydrogen (secondary N) is 1. The SMILES string of the molecule is CCc1ccccc1NC(=O)CN1CCN(C(=O)CC2CCc3ccccc32)CC1. The van der Waals surface area contributed by atoms with E-state index < -0.39 is 0 Å². The van der Waals surface area contributed by atoms with Gasteiger partial charge in [-0.15, -0.1) is 0 Å². The Morgan fingerprint density at radius 3 is 2.53 bits per heavy atom. The maximum absolute atomic E-state index is 12.8. The molecule has 30 heavy (non-hydrogen) atoms. The molecule has 4 rings (SSSR count). The fourth-order valence-electron chi connectivity index (χ4n) is 4.70. The Morgan fingerprint density at radius 2 is 1.73 bits per heavy atom. The number of aryl methyl sites for hydroxylation is 2. The largest absolute Gasteiger partial charge is 0.340 e. The van der Waals surface area contributed by atoms with Crippen LogP contribution >= 0.6 is 0 Å². The van der Waals surface area contributed by atoms with Gasteiger partial charge in [0, 0.05) is 38.3 Å². The van der Waals surface area contributed by atoms with Crippen molar-refractivity contribution in [2.45, 2.75) is 38.5 Å². The third-order valence-electron chi connectivity index (χ3n) is 6.44. The first-order valence-electron chi connectivity index (χ1n) is 11.1. The molecule has 0 aromatic heterocycles.